The zero-order valence-corrected chi connectivity index (χ0v) is 12.4. The van der Waals surface area contributed by atoms with E-state index in [1.165, 1.54) is 31.5 Å². The van der Waals surface area contributed by atoms with Gasteiger partial charge in [-0.1, -0.05) is 12.1 Å². The van der Waals surface area contributed by atoms with Crippen LogP contribution in [0.15, 0.2) is 36.5 Å². The molecular formula is C14H13F3N4O3. The highest BCUT2D eigenvalue weighted by atomic mass is 19.4. The summed E-state index contributed by atoms with van der Waals surface area (Å²) in [5.41, 5.74) is 5.39. The molecule has 1 amide bonds. The van der Waals surface area contributed by atoms with Crippen LogP contribution in [-0.4, -0.2) is 29.3 Å². The smallest absolute Gasteiger partial charge is 0.481 e. The van der Waals surface area contributed by atoms with E-state index in [9.17, 15) is 18.0 Å². The predicted octanol–water partition coefficient (Wildman–Crippen LogP) is 2.07. The van der Waals surface area contributed by atoms with Crippen LogP contribution in [0.25, 0.3) is 0 Å². The van der Waals surface area contributed by atoms with Crippen LogP contribution in [0.5, 0.6) is 11.6 Å². The minimum atomic E-state index is -4.75. The second-order valence-electron chi connectivity index (χ2n) is 4.46. The van der Waals surface area contributed by atoms with Gasteiger partial charge in [0.25, 0.3) is 0 Å². The van der Waals surface area contributed by atoms with Crippen LogP contribution < -0.4 is 20.3 Å². The van der Waals surface area contributed by atoms with Crippen LogP contribution in [0.3, 0.4) is 0 Å². The van der Waals surface area contributed by atoms with Crippen LogP contribution in [0.4, 0.5) is 19.1 Å². The summed E-state index contributed by atoms with van der Waals surface area (Å²) in [6.45, 7) is 0. The Balaban J connectivity index is 1.85. The lowest BCUT2D eigenvalue weighted by Gasteiger charge is -2.10. The maximum atomic E-state index is 12.1. The molecule has 24 heavy (non-hydrogen) atoms. The number of halogens is 3. The SMILES string of the molecule is COc1ccnc(NNC(=O)Cc2ccc(OC(F)(F)F)cc2)n1. The molecule has 0 bridgehead atoms. The molecule has 2 rings (SSSR count). The van der Waals surface area contributed by atoms with Crippen molar-refractivity contribution in [3.05, 3.63) is 42.1 Å². The van der Waals surface area contributed by atoms with Gasteiger partial charge < -0.3 is 9.47 Å². The molecule has 0 saturated heterocycles. The summed E-state index contributed by atoms with van der Waals surface area (Å²) in [4.78, 5) is 19.6. The van der Waals surface area contributed by atoms with E-state index in [4.69, 9.17) is 4.74 Å². The number of carbonyl (C=O) groups excluding carboxylic acids is 1. The molecule has 1 heterocycles. The van der Waals surface area contributed by atoms with E-state index in [-0.39, 0.29) is 18.1 Å². The number of aromatic nitrogens is 2. The number of nitrogens with zero attached hydrogens (tertiary/aromatic N) is 2. The Morgan fingerprint density at radius 3 is 2.54 bits per heavy atom. The van der Waals surface area contributed by atoms with Crippen molar-refractivity contribution in [3.63, 3.8) is 0 Å². The zero-order chi connectivity index (χ0) is 17.6. The Morgan fingerprint density at radius 1 is 1.21 bits per heavy atom. The number of amides is 1. The molecule has 0 atom stereocenters. The molecule has 0 aliphatic rings. The van der Waals surface area contributed by atoms with E-state index in [0.717, 1.165) is 12.1 Å². The van der Waals surface area contributed by atoms with E-state index >= 15 is 0 Å². The maximum Gasteiger partial charge on any atom is 0.573 e. The Kier molecular flexibility index (Phi) is 5.40. The lowest BCUT2D eigenvalue weighted by Crippen LogP contribution is -2.31. The first-order chi connectivity index (χ1) is 11.4. The summed E-state index contributed by atoms with van der Waals surface area (Å²) < 4.78 is 44.8. The normalized spacial score (nSPS) is 10.8. The second-order valence-corrected chi connectivity index (χ2v) is 4.46. The summed E-state index contributed by atoms with van der Waals surface area (Å²) in [5.74, 6) is -0.320. The summed E-state index contributed by atoms with van der Waals surface area (Å²) in [7, 11) is 1.44. The van der Waals surface area contributed by atoms with Crippen LogP contribution >= 0.6 is 0 Å². The van der Waals surface area contributed by atoms with Gasteiger partial charge in [-0.05, 0) is 17.7 Å². The molecule has 1 aromatic carbocycles. The van der Waals surface area contributed by atoms with Crippen LogP contribution in [-0.2, 0) is 11.2 Å². The van der Waals surface area contributed by atoms with Gasteiger partial charge in [0.1, 0.15) is 5.75 Å². The number of benzene rings is 1. The van der Waals surface area contributed by atoms with Gasteiger partial charge >= 0.3 is 6.36 Å². The highest BCUT2D eigenvalue weighted by Gasteiger charge is 2.30. The number of carbonyl (C=O) groups is 1. The molecule has 0 spiro atoms. The number of hydrazine groups is 1. The molecule has 2 aromatic rings. The first-order valence-corrected chi connectivity index (χ1v) is 6.62. The fourth-order valence-electron chi connectivity index (χ4n) is 1.68. The number of alkyl halides is 3. The third kappa shape index (κ3) is 5.63. The molecule has 10 heteroatoms. The minimum Gasteiger partial charge on any atom is -0.481 e. The molecule has 0 radical (unpaired) electrons. The average Bonchev–Trinajstić information content (AvgIpc) is 2.54. The van der Waals surface area contributed by atoms with Gasteiger partial charge in [-0.2, -0.15) is 4.98 Å². The molecule has 0 aliphatic heterocycles. The number of hydrogen-bond donors (Lipinski definition) is 2. The first kappa shape index (κ1) is 17.3. The van der Waals surface area contributed by atoms with Gasteiger partial charge in [0.2, 0.25) is 17.7 Å². The number of nitrogens with one attached hydrogen (secondary N) is 2. The van der Waals surface area contributed by atoms with Crippen molar-refractivity contribution in [1.29, 1.82) is 0 Å². The van der Waals surface area contributed by atoms with E-state index in [1.54, 1.807) is 0 Å². The van der Waals surface area contributed by atoms with Crippen molar-refractivity contribution >= 4 is 11.9 Å². The Hall–Kier alpha value is -3.04. The summed E-state index contributed by atoms with van der Waals surface area (Å²) >= 11 is 0. The van der Waals surface area contributed by atoms with E-state index in [0.29, 0.717) is 11.4 Å². The van der Waals surface area contributed by atoms with Gasteiger partial charge in [0, 0.05) is 12.3 Å². The van der Waals surface area contributed by atoms with Crippen molar-refractivity contribution in [2.45, 2.75) is 12.8 Å². The van der Waals surface area contributed by atoms with E-state index < -0.39 is 12.3 Å². The zero-order valence-electron chi connectivity index (χ0n) is 12.4. The van der Waals surface area contributed by atoms with Crippen molar-refractivity contribution in [1.82, 2.24) is 15.4 Å². The first-order valence-electron chi connectivity index (χ1n) is 6.62. The van der Waals surface area contributed by atoms with Crippen LogP contribution in [0, 0.1) is 0 Å². The molecule has 0 fully saturated rings. The fourth-order valence-corrected chi connectivity index (χ4v) is 1.68. The van der Waals surface area contributed by atoms with Crippen LogP contribution in [0.1, 0.15) is 5.56 Å². The Morgan fingerprint density at radius 2 is 1.92 bits per heavy atom. The lowest BCUT2D eigenvalue weighted by molar-refractivity contribution is -0.274. The van der Waals surface area contributed by atoms with Crippen molar-refractivity contribution in [3.8, 4) is 11.6 Å². The number of methoxy groups -OCH3 is 1. The lowest BCUT2D eigenvalue weighted by atomic mass is 10.1. The van der Waals surface area contributed by atoms with Crippen molar-refractivity contribution in [2.24, 2.45) is 0 Å². The molecular weight excluding hydrogens is 329 g/mol. The number of hydrogen-bond acceptors (Lipinski definition) is 6. The van der Waals surface area contributed by atoms with Gasteiger partial charge in [0.15, 0.2) is 0 Å². The summed E-state index contributed by atoms with van der Waals surface area (Å²) in [6, 6.07) is 6.53. The predicted molar refractivity (Wildman–Crippen MR) is 77.2 cm³/mol. The van der Waals surface area contributed by atoms with E-state index in [1.807, 2.05) is 0 Å². The molecule has 1 aromatic heterocycles. The van der Waals surface area contributed by atoms with Gasteiger partial charge in [-0.15, -0.1) is 13.2 Å². The Labute approximate surface area is 134 Å². The van der Waals surface area contributed by atoms with E-state index in [2.05, 4.69) is 25.6 Å². The fraction of sp³-hybridized carbons (Fsp3) is 0.214. The third-order valence-corrected chi connectivity index (χ3v) is 2.67. The second kappa shape index (κ2) is 7.49. The summed E-state index contributed by atoms with van der Waals surface area (Å²) in [5, 5.41) is 0. The third-order valence-electron chi connectivity index (χ3n) is 2.67. The monoisotopic (exact) mass is 342 g/mol. The van der Waals surface area contributed by atoms with Gasteiger partial charge in [-0.3, -0.25) is 15.6 Å². The number of rotatable bonds is 6. The molecule has 0 saturated carbocycles. The molecule has 2 N–H and O–H groups in total. The molecule has 0 aliphatic carbocycles. The number of anilines is 1. The van der Waals surface area contributed by atoms with Crippen molar-refractivity contribution in [2.75, 3.05) is 12.5 Å². The largest absolute Gasteiger partial charge is 0.573 e. The highest BCUT2D eigenvalue weighted by Crippen LogP contribution is 2.22. The summed E-state index contributed by atoms with van der Waals surface area (Å²) in [6.07, 6.45) is -3.36. The number of ether oxygens (including phenoxy) is 2. The van der Waals surface area contributed by atoms with Gasteiger partial charge in [-0.25, -0.2) is 4.98 Å². The minimum absolute atomic E-state index is 0.0523. The average molecular weight is 342 g/mol. The quantitative estimate of drug-likeness (QED) is 0.782. The maximum absolute atomic E-state index is 12.1. The Bertz CT molecular complexity index is 692. The standard InChI is InChI=1S/C14H13F3N4O3/c1-23-12-6-7-18-13(19-12)21-20-11(22)8-9-2-4-10(5-3-9)24-14(15,16)17/h2-7H,8H2,1H3,(H,20,22)(H,18,19,21). The topological polar surface area (TPSA) is 85.4 Å². The van der Waals surface area contributed by atoms with Crippen LogP contribution in [0.2, 0.25) is 0 Å². The molecule has 0 unspecified atom stereocenters. The molecule has 7 nitrogen and oxygen atoms in total. The van der Waals surface area contributed by atoms with Gasteiger partial charge in [0.05, 0.1) is 13.5 Å². The highest BCUT2D eigenvalue weighted by molar-refractivity contribution is 5.79. The van der Waals surface area contributed by atoms with Crippen molar-refractivity contribution < 1.29 is 27.4 Å². The molecule has 128 valence electrons.